The van der Waals surface area contributed by atoms with Crippen LogP contribution in [0.15, 0.2) is 16.5 Å². The van der Waals surface area contributed by atoms with E-state index in [0.29, 0.717) is 23.0 Å². The predicted molar refractivity (Wildman–Crippen MR) is 130 cm³/mol. The van der Waals surface area contributed by atoms with Gasteiger partial charge in [-0.2, -0.15) is 13.2 Å². The van der Waals surface area contributed by atoms with E-state index in [9.17, 15) is 18.3 Å². The van der Waals surface area contributed by atoms with Crippen LogP contribution in [-0.4, -0.2) is 45.2 Å². The van der Waals surface area contributed by atoms with E-state index in [2.05, 4.69) is 20.8 Å². The van der Waals surface area contributed by atoms with Gasteiger partial charge in [-0.05, 0) is 61.3 Å². The lowest BCUT2D eigenvalue weighted by molar-refractivity contribution is -0.115. The van der Waals surface area contributed by atoms with Crippen LogP contribution < -0.4 is 10.6 Å². The van der Waals surface area contributed by atoms with Crippen molar-refractivity contribution >= 4 is 34.2 Å². The molecule has 1 aliphatic rings. The highest BCUT2D eigenvalue weighted by molar-refractivity contribution is 6.38. The number of fused-ring (bicyclic) bond motifs is 1. The topological polar surface area (TPSA) is 96.1 Å². The molecule has 3 aromatic rings. The third-order valence-electron chi connectivity index (χ3n) is 6.12. The van der Waals surface area contributed by atoms with Crippen LogP contribution in [0, 0.1) is 6.92 Å². The van der Waals surface area contributed by atoms with Gasteiger partial charge in [-0.1, -0.05) is 37.5 Å². The number of benzene rings is 1. The summed E-state index contributed by atoms with van der Waals surface area (Å²) in [5, 5.41) is 24.5. The van der Waals surface area contributed by atoms with Crippen molar-refractivity contribution in [3.63, 3.8) is 0 Å². The number of aryl methyl sites for hydroxylation is 1. The molecule has 0 amide bonds. The van der Waals surface area contributed by atoms with Gasteiger partial charge < -0.3 is 20.2 Å². The third-order valence-corrected chi connectivity index (χ3v) is 6.51. The fraction of sp³-hybridized carbons (Fsp3) is 0.542. The summed E-state index contributed by atoms with van der Waals surface area (Å²) in [6.45, 7) is 6.50. The summed E-state index contributed by atoms with van der Waals surface area (Å²) in [6, 6.07) is 3.66. The van der Waals surface area contributed by atoms with E-state index >= 15 is 0 Å². The molecular weight excluding hydrogens is 483 g/mol. The van der Waals surface area contributed by atoms with Gasteiger partial charge in [-0.25, -0.2) is 4.98 Å². The van der Waals surface area contributed by atoms with Crippen LogP contribution in [0.25, 0.3) is 22.5 Å². The summed E-state index contributed by atoms with van der Waals surface area (Å²) in [4.78, 5) is 4.76. The number of anilines is 2. The first-order chi connectivity index (χ1) is 16.3. The summed E-state index contributed by atoms with van der Waals surface area (Å²) >= 11 is 6.57. The number of rotatable bonds is 5. The lowest BCUT2D eigenvalue weighted by Gasteiger charge is -2.25. The van der Waals surface area contributed by atoms with E-state index in [1.54, 1.807) is 12.1 Å². The molecule has 0 saturated heterocycles. The Balaban J connectivity index is 1.73. The number of aliphatic hydroxyl groups is 1. The van der Waals surface area contributed by atoms with Gasteiger partial charge in [0.15, 0.2) is 0 Å². The summed E-state index contributed by atoms with van der Waals surface area (Å²) < 4.78 is 44.4. The van der Waals surface area contributed by atoms with Crippen LogP contribution in [0.1, 0.15) is 57.6 Å². The minimum Gasteiger partial charge on any atom is -0.402 e. The highest BCUT2D eigenvalue weighted by atomic mass is 35.5. The first-order valence-electron chi connectivity index (χ1n) is 11.6. The molecule has 0 aliphatic heterocycles. The quantitative estimate of drug-likeness (QED) is 0.373. The molecule has 1 aliphatic carbocycles. The maximum Gasteiger partial charge on any atom is 0.405 e. The van der Waals surface area contributed by atoms with Crippen molar-refractivity contribution in [1.82, 2.24) is 15.2 Å². The summed E-state index contributed by atoms with van der Waals surface area (Å²) in [6.07, 6.45) is -1.49. The molecule has 7 nitrogen and oxygen atoms in total. The van der Waals surface area contributed by atoms with Gasteiger partial charge in [-0.15, -0.1) is 5.10 Å². The van der Waals surface area contributed by atoms with E-state index in [1.165, 1.54) is 0 Å². The third kappa shape index (κ3) is 5.81. The van der Waals surface area contributed by atoms with Crippen molar-refractivity contribution in [2.24, 2.45) is 0 Å². The average Bonchev–Trinajstić information content (AvgIpc) is 3.20. The van der Waals surface area contributed by atoms with E-state index in [-0.39, 0.29) is 34.8 Å². The Morgan fingerprint density at radius 1 is 1.17 bits per heavy atom. The van der Waals surface area contributed by atoms with Crippen molar-refractivity contribution in [3.8, 4) is 11.6 Å². The Labute approximate surface area is 206 Å². The number of aliphatic hydroxyl groups excluding tert-OH is 1. The molecule has 1 unspecified atom stereocenters. The van der Waals surface area contributed by atoms with Gasteiger partial charge >= 0.3 is 12.2 Å². The highest BCUT2D eigenvalue weighted by Crippen LogP contribution is 2.41. The Bertz CT molecular complexity index is 1220. The number of alkyl halides is 3. The van der Waals surface area contributed by atoms with Crippen LogP contribution in [-0.2, 0) is 5.41 Å². The monoisotopic (exact) mass is 511 g/mol. The number of halogens is 4. The lowest BCUT2D eigenvalue weighted by atomic mass is 9.84. The van der Waals surface area contributed by atoms with E-state index in [1.807, 2.05) is 27.7 Å². The van der Waals surface area contributed by atoms with Crippen LogP contribution >= 0.6 is 11.6 Å². The minimum absolute atomic E-state index is 0.0484. The van der Waals surface area contributed by atoms with Crippen LogP contribution in [0.4, 0.5) is 24.9 Å². The molecule has 1 aromatic carbocycles. The normalized spacial score (nSPS) is 19.2. The highest BCUT2D eigenvalue weighted by Gasteiger charge is 2.29. The molecule has 4 rings (SSSR count). The smallest absolute Gasteiger partial charge is 0.402 e. The predicted octanol–water partition coefficient (Wildman–Crippen LogP) is 6.23. The zero-order valence-electron chi connectivity index (χ0n) is 20.1. The molecule has 1 fully saturated rings. The van der Waals surface area contributed by atoms with Crippen molar-refractivity contribution in [2.45, 2.75) is 77.1 Å². The molecule has 2 heterocycles. The fourth-order valence-corrected chi connectivity index (χ4v) is 4.78. The number of pyridine rings is 1. The molecule has 1 saturated carbocycles. The molecule has 0 radical (unpaired) electrons. The number of nitrogens with zero attached hydrogens (tertiary/aromatic N) is 3. The van der Waals surface area contributed by atoms with Gasteiger partial charge in [0.1, 0.15) is 12.2 Å². The number of nitrogens with one attached hydrogen (secondary N) is 2. The lowest BCUT2D eigenvalue weighted by Crippen LogP contribution is -2.29. The summed E-state index contributed by atoms with van der Waals surface area (Å²) in [5.74, 6) is 0.212. The average molecular weight is 512 g/mol. The van der Waals surface area contributed by atoms with Gasteiger partial charge in [0, 0.05) is 11.4 Å². The van der Waals surface area contributed by atoms with E-state index in [4.69, 9.17) is 21.0 Å². The molecule has 190 valence electrons. The van der Waals surface area contributed by atoms with Gasteiger partial charge in [0.05, 0.1) is 22.3 Å². The maximum atomic E-state index is 12.9. The van der Waals surface area contributed by atoms with Crippen molar-refractivity contribution < 1.29 is 22.7 Å². The Morgan fingerprint density at radius 2 is 1.91 bits per heavy atom. The molecule has 2 atom stereocenters. The largest absolute Gasteiger partial charge is 0.405 e. The van der Waals surface area contributed by atoms with Crippen LogP contribution in [0.5, 0.6) is 0 Å². The Morgan fingerprint density at radius 3 is 2.57 bits per heavy atom. The molecule has 35 heavy (non-hydrogen) atoms. The van der Waals surface area contributed by atoms with Crippen molar-refractivity contribution in [2.75, 3.05) is 17.2 Å². The van der Waals surface area contributed by atoms with Gasteiger partial charge in [0.2, 0.25) is 0 Å². The summed E-state index contributed by atoms with van der Waals surface area (Å²) in [7, 11) is 0. The second-order valence-corrected chi connectivity index (χ2v) is 10.5. The molecule has 2 aromatic heterocycles. The minimum atomic E-state index is -4.38. The molecule has 0 spiro atoms. The zero-order valence-corrected chi connectivity index (χ0v) is 20.8. The molecular formula is C24H29ClF3N5O2. The molecule has 3 N–H and O–H groups in total. The first-order valence-corrected chi connectivity index (χ1v) is 11.9. The molecule has 11 heteroatoms. The fourth-order valence-electron chi connectivity index (χ4n) is 4.42. The standard InChI is InChI=1S/C24H29ClF3N5O2/c1-12-8-17(21-32-33-22(35-21)30-13-6-5-7-14(34)9-13)31-20-15(23(2,3)4)10-16(19(25)18(12)20)29-11-24(26,27)28/h8,10,13-14,29,34H,5-7,9,11H2,1-4H3,(H,30,33)/t13?,14-/m0/s1. The van der Waals surface area contributed by atoms with Gasteiger partial charge in [0.25, 0.3) is 5.89 Å². The Hall–Kier alpha value is -2.59. The van der Waals surface area contributed by atoms with E-state index in [0.717, 1.165) is 30.4 Å². The zero-order chi connectivity index (χ0) is 25.5. The summed E-state index contributed by atoms with van der Waals surface area (Å²) in [5.41, 5.74) is 2.24. The first kappa shape index (κ1) is 25.5. The van der Waals surface area contributed by atoms with Gasteiger partial charge in [-0.3, -0.25) is 0 Å². The Kier molecular flexibility index (Phi) is 6.89. The second-order valence-electron chi connectivity index (χ2n) is 10.1. The van der Waals surface area contributed by atoms with Crippen molar-refractivity contribution in [1.29, 1.82) is 0 Å². The number of aromatic nitrogens is 3. The van der Waals surface area contributed by atoms with Crippen LogP contribution in [0.2, 0.25) is 5.02 Å². The number of hydrogen-bond acceptors (Lipinski definition) is 7. The van der Waals surface area contributed by atoms with Crippen molar-refractivity contribution in [3.05, 3.63) is 28.3 Å². The SMILES string of the molecule is Cc1cc(-c2nnc(NC3CCC[C@H](O)C3)o2)nc2c(C(C)(C)C)cc(NCC(F)(F)F)c(Cl)c12. The number of hydrogen-bond donors (Lipinski definition) is 3. The van der Waals surface area contributed by atoms with Crippen LogP contribution in [0.3, 0.4) is 0 Å². The molecule has 0 bridgehead atoms. The second kappa shape index (κ2) is 9.46. The van der Waals surface area contributed by atoms with E-state index < -0.39 is 18.1 Å². The maximum absolute atomic E-state index is 12.9.